The monoisotopic (exact) mass is 444 g/mol. The van der Waals surface area contributed by atoms with Gasteiger partial charge in [-0.2, -0.15) is 16.9 Å². The summed E-state index contributed by atoms with van der Waals surface area (Å²) < 4.78 is 12.6. The Morgan fingerprint density at radius 1 is 1.13 bits per heavy atom. The lowest BCUT2D eigenvalue weighted by atomic mass is 10.1. The second-order valence-corrected chi connectivity index (χ2v) is 9.34. The largest absolute Gasteiger partial charge is 0.497 e. The van der Waals surface area contributed by atoms with Crippen LogP contribution in [0.25, 0.3) is 11.3 Å². The number of rotatable bonds is 6. The molecule has 4 rings (SSSR count). The third kappa shape index (κ3) is 4.85. The third-order valence-electron chi connectivity index (χ3n) is 6.15. The molecule has 0 N–H and O–H groups in total. The highest BCUT2D eigenvalue weighted by molar-refractivity contribution is 7.99. The molecule has 3 heterocycles. The van der Waals surface area contributed by atoms with E-state index in [1.165, 1.54) is 12.8 Å². The zero-order valence-corrected chi connectivity index (χ0v) is 19.5. The summed E-state index contributed by atoms with van der Waals surface area (Å²) in [6.07, 6.45) is 3.56. The van der Waals surface area contributed by atoms with Crippen molar-refractivity contribution in [3.05, 3.63) is 30.0 Å². The Balaban J connectivity index is 1.61. The van der Waals surface area contributed by atoms with Gasteiger partial charge < -0.3 is 19.3 Å². The first-order chi connectivity index (χ1) is 15.1. The van der Waals surface area contributed by atoms with Gasteiger partial charge in [0, 0.05) is 31.5 Å². The van der Waals surface area contributed by atoms with E-state index in [2.05, 4.69) is 14.9 Å². The van der Waals surface area contributed by atoms with E-state index >= 15 is 0 Å². The lowest BCUT2D eigenvalue weighted by Crippen LogP contribution is -2.48. The maximum absolute atomic E-state index is 13.7. The molecule has 7 nitrogen and oxygen atoms in total. The van der Waals surface area contributed by atoms with Crippen LogP contribution >= 0.6 is 11.8 Å². The smallest absolute Gasteiger partial charge is 0.272 e. The Morgan fingerprint density at radius 3 is 2.68 bits per heavy atom. The molecule has 168 valence electrons. The first-order valence-electron chi connectivity index (χ1n) is 11.0. The number of benzene rings is 1. The van der Waals surface area contributed by atoms with Crippen molar-refractivity contribution in [3.63, 3.8) is 0 Å². The molecule has 1 unspecified atom stereocenters. The second-order valence-electron chi connectivity index (χ2n) is 8.19. The normalized spacial score (nSPS) is 20.0. The number of carbonyl (C=O) groups excluding carboxylic acids is 1. The molecule has 1 aromatic carbocycles. The minimum absolute atomic E-state index is 0.0646. The van der Waals surface area contributed by atoms with E-state index in [9.17, 15) is 4.79 Å². The molecule has 1 amide bonds. The van der Waals surface area contributed by atoms with Gasteiger partial charge in [0.25, 0.3) is 5.91 Å². The molecule has 0 radical (unpaired) electrons. The predicted octanol–water partition coefficient (Wildman–Crippen LogP) is 3.15. The van der Waals surface area contributed by atoms with Crippen molar-refractivity contribution < 1.29 is 14.3 Å². The molecule has 31 heavy (non-hydrogen) atoms. The van der Waals surface area contributed by atoms with Crippen LogP contribution in [0.5, 0.6) is 11.5 Å². The second kappa shape index (κ2) is 9.96. The van der Waals surface area contributed by atoms with E-state index in [4.69, 9.17) is 9.47 Å². The molecule has 2 aliphatic heterocycles. The Bertz CT molecular complexity index is 910. The molecule has 2 saturated heterocycles. The van der Waals surface area contributed by atoms with Crippen LogP contribution in [0.4, 0.5) is 0 Å². The predicted molar refractivity (Wildman–Crippen MR) is 124 cm³/mol. The van der Waals surface area contributed by atoms with E-state index in [-0.39, 0.29) is 11.9 Å². The summed E-state index contributed by atoms with van der Waals surface area (Å²) >= 11 is 1.97. The lowest BCUT2D eigenvalue weighted by molar-refractivity contribution is 0.0655. The molecule has 1 atom stereocenters. The average Bonchev–Trinajstić information content (AvgIpc) is 3.37. The SMILES string of the molecule is COc1ccc(OC)c(-c2cc(C(=O)N3CCCSCC3CN3CCCC3)n(C)n2)c1. The van der Waals surface area contributed by atoms with Gasteiger partial charge in [0.1, 0.15) is 17.2 Å². The Hall–Kier alpha value is -2.19. The fourth-order valence-electron chi connectivity index (χ4n) is 4.47. The first kappa shape index (κ1) is 22.0. The van der Waals surface area contributed by atoms with E-state index < -0.39 is 0 Å². The fraction of sp³-hybridized carbons (Fsp3) is 0.565. The van der Waals surface area contributed by atoms with E-state index in [0.29, 0.717) is 17.1 Å². The van der Waals surface area contributed by atoms with Crippen LogP contribution in [0.3, 0.4) is 0 Å². The Kier molecular flexibility index (Phi) is 7.07. The molecule has 1 aromatic heterocycles. The summed E-state index contributed by atoms with van der Waals surface area (Å²) in [7, 11) is 5.11. The number of likely N-dealkylation sites (tertiary alicyclic amines) is 1. The maximum atomic E-state index is 13.7. The number of amides is 1. The molecule has 2 fully saturated rings. The van der Waals surface area contributed by atoms with E-state index in [0.717, 1.165) is 55.4 Å². The topological polar surface area (TPSA) is 59.8 Å². The summed E-state index contributed by atoms with van der Waals surface area (Å²) in [5, 5.41) is 4.65. The standard InChI is InChI=1S/C23H32N4O3S/c1-25-21(14-20(24-25)19-13-18(29-2)7-8-22(19)30-3)23(28)27-11-6-12-31-16-17(27)15-26-9-4-5-10-26/h7-8,13-14,17H,4-6,9-12,15-16H2,1-3H3. The van der Waals surface area contributed by atoms with Crippen molar-refractivity contribution in [2.24, 2.45) is 7.05 Å². The number of aryl methyl sites for hydroxylation is 1. The van der Waals surface area contributed by atoms with Gasteiger partial charge in [-0.05, 0) is 62.4 Å². The van der Waals surface area contributed by atoms with Gasteiger partial charge in [-0.25, -0.2) is 0 Å². The van der Waals surface area contributed by atoms with Crippen LogP contribution in [0.1, 0.15) is 29.8 Å². The maximum Gasteiger partial charge on any atom is 0.272 e. The molecule has 0 saturated carbocycles. The number of carbonyl (C=O) groups is 1. The molecule has 2 aromatic rings. The fourth-order valence-corrected chi connectivity index (χ4v) is 5.53. The minimum Gasteiger partial charge on any atom is -0.497 e. The summed E-state index contributed by atoms with van der Waals surface area (Å²) in [4.78, 5) is 18.3. The van der Waals surface area contributed by atoms with Gasteiger partial charge in [0.2, 0.25) is 0 Å². The van der Waals surface area contributed by atoms with Gasteiger partial charge in [-0.3, -0.25) is 9.48 Å². The number of hydrogen-bond donors (Lipinski definition) is 0. The average molecular weight is 445 g/mol. The summed E-state index contributed by atoms with van der Waals surface area (Å²) in [6.45, 7) is 4.06. The van der Waals surface area contributed by atoms with Crippen LogP contribution in [0.2, 0.25) is 0 Å². The number of thioether (sulfide) groups is 1. The lowest BCUT2D eigenvalue weighted by Gasteiger charge is -2.32. The van der Waals surface area contributed by atoms with Crippen LogP contribution < -0.4 is 9.47 Å². The van der Waals surface area contributed by atoms with Crippen molar-refractivity contribution in [3.8, 4) is 22.8 Å². The highest BCUT2D eigenvalue weighted by atomic mass is 32.2. The first-order valence-corrected chi connectivity index (χ1v) is 12.1. The van der Waals surface area contributed by atoms with Crippen LogP contribution in [-0.4, -0.2) is 83.4 Å². The van der Waals surface area contributed by atoms with Gasteiger partial charge in [-0.15, -0.1) is 0 Å². The van der Waals surface area contributed by atoms with Crippen LogP contribution in [0.15, 0.2) is 24.3 Å². The minimum atomic E-state index is 0.0646. The summed E-state index contributed by atoms with van der Waals surface area (Å²) in [5.41, 5.74) is 2.14. The van der Waals surface area contributed by atoms with Gasteiger partial charge in [0.05, 0.1) is 26.0 Å². The number of nitrogens with zero attached hydrogens (tertiary/aromatic N) is 4. The number of hydrogen-bond acceptors (Lipinski definition) is 6. The molecule has 2 aliphatic rings. The molecule has 0 bridgehead atoms. The van der Waals surface area contributed by atoms with Crippen LogP contribution in [0, 0.1) is 0 Å². The quantitative estimate of drug-likeness (QED) is 0.682. The van der Waals surface area contributed by atoms with Crippen molar-refractivity contribution in [1.29, 1.82) is 0 Å². The van der Waals surface area contributed by atoms with Crippen molar-refractivity contribution >= 4 is 17.7 Å². The molecular weight excluding hydrogens is 412 g/mol. The Labute approximate surface area is 188 Å². The molecule has 8 heteroatoms. The highest BCUT2D eigenvalue weighted by Crippen LogP contribution is 2.33. The molecular formula is C23H32N4O3S. The summed E-state index contributed by atoms with van der Waals surface area (Å²) in [5.74, 6) is 3.60. The van der Waals surface area contributed by atoms with Gasteiger partial charge in [-0.1, -0.05) is 0 Å². The van der Waals surface area contributed by atoms with Crippen molar-refractivity contribution in [1.82, 2.24) is 19.6 Å². The van der Waals surface area contributed by atoms with Crippen molar-refractivity contribution in [2.75, 3.05) is 51.9 Å². The van der Waals surface area contributed by atoms with Crippen molar-refractivity contribution in [2.45, 2.75) is 25.3 Å². The number of ether oxygens (including phenoxy) is 2. The highest BCUT2D eigenvalue weighted by Gasteiger charge is 2.31. The number of methoxy groups -OCH3 is 2. The van der Waals surface area contributed by atoms with Gasteiger partial charge in [0.15, 0.2) is 0 Å². The zero-order chi connectivity index (χ0) is 21.8. The van der Waals surface area contributed by atoms with Gasteiger partial charge >= 0.3 is 0 Å². The van der Waals surface area contributed by atoms with E-state index in [1.54, 1.807) is 18.9 Å². The van der Waals surface area contributed by atoms with E-state index in [1.807, 2.05) is 43.1 Å². The number of aromatic nitrogens is 2. The zero-order valence-electron chi connectivity index (χ0n) is 18.7. The Morgan fingerprint density at radius 2 is 1.94 bits per heavy atom. The summed E-state index contributed by atoms with van der Waals surface area (Å²) in [6, 6.07) is 7.74. The van der Waals surface area contributed by atoms with Crippen LogP contribution in [-0.2, 0) is 7.05 Å². The third-order valence-corrected chi connectivity index (χ3v) is 7.35. The molecule has 0 spiro atoms. The molecule has 0 aliphatic carbocycles.